The van der Waals surface area contributed by atoms with E-state index in [1.165, 1.54) is 17.7 Å². The van der Waals surface area contributed by atoms with Crippen molar-refractivity contribution >= 4 is 6.03 Å². The quantitative estimate of drug-likeness (QED) is 0.649. The molecule has 0 fully saturated rings. The number of carbonyl (C=O) groups is 1. The summed E-state index contributed by atoms with van der Waals surface area (Å²) < 4.78 is 19.2. The fraction of sp³-hybridized carbons (Fsp3) is 0.381. The third-order valence-electron chi connectivity index (χ3n) is 4.10. The first-order valence-corrected chi connectivity index (χ1v) is 8.95. The van der Waals surface area contributed by atoms with E-state index in [4.69, 9.17) is 4.74 Å². The molecule has 0 heterocycles. The van der Waals surface area contributed by atoms with Gasteiger partial charge in [-0.1, -0.05) is 51.1 Å². The fourth-order valence-corrected chi connectivity index (χ4v) is 2.49. The number of halogens is 1. The van der Waals surface area contributed by atoms with E-state index < -0.39 is 18.0 Å². The van der Waals surface area contributed by atoms with Crippen LogP contribution in [0.15, 0.2) is 48.5 Å². The van der Waals surface area contributed by atoms with Crippen LogP contribution in [-0.4, -0.2) is 30.8 Å². The monoisotopic (exact) mass is 374 g/mol. The largest absolute Gasteiger partial charge is 0.492 e. The highest BCUT2D eigenvalue weighted by Gasteiger charge is 2.14. The molecule has 0 radical (unpaired) electrons. The number of carbonyl (C=O) groups excluding carboxylic acids is 1. The number of aliphatic hydroxyl groups excluding tert-OH is 1. The van der Waals surface area contributed by atoms with Gasteiger partial charge in [-0.25, -0.2) is 9.18 Å². The number of amides is 2. The van der Waals surface area contributed by atoms with Crippen molar-refractivity contribution in [3.05, 3.63) is 65.5 Å². The SMILES string of the molecule is CC(C)(C)c1ccc(OCCNC(=O)NCC(O)c2ccccc2F)cc1. The summed E-state index contributed by atoms with van der Waals surface area (Å²) in [6.07, 6.45) is -1.10. The number of aliphatic hydroxyl groups is 1. The first-order chi connectivity index (χ1) is 12.8. The second-order valence-corrected chi connectivity index (χ2v) is 7.30. The fourth-order valence-electron chi connectivity index (χ4n) is 2.49. The summed E-state index contributed by atoms with van der Waals surface area (Å²) in [6.45, 7) is 6.99. The third-order valence-corrected chi connectivity index (χ3v) is 4.10. The van der Waals surface area contributed by atoms with Gasteiger partial charge in [-0.05, 0) is 29.2 Å². The molecule has 0 aromatic heterocycles. The minimum absolute atomic E-state index is 0.0815. The van der Waals surface area contributed by atoms with Crippen molar-refractivity contribution in [2.45, 2.75) is 32.3 Å². The van der Waals surface area contributed by atoms with E-state index in [0.29, 0.717) is 13.2 Å². The van der Waals surface area contributed by atoms with Gasteiger partial charge >= 0.3 is 6.03 Å². The van der Waals surface area contributed by atoms with Gasteiger partial charge in [-0.3, -0.25) is 0 Å². The lowest BCUT2D eigenvalue weighted by molar-refractivity contribution is 0.168. The molecular formula is C21H27FN2O3. The molecule has 0 bridgehead atoms. The molecular weight excluding hydrogens is 347 g/mol. The number of benzene rings is 2. The van der Waals surface area contributed by atoms with Crippen molar-refractivity contribution in [2.75, 3.05) is 19.7 Å². The Morgan fingerprint density at radius 2 is 1.78 bits per heavy atom. The van der Waals surface area contributed by atoms with Gasteiger partial charge in [0.2, 0.25) is 0 Å². The standard InChI is InChI=1S/C21H27FN2O3/c1-21(2,3)15-8-10-16(11-9-15)27-13-12-23-20(26)24-14-19(25)17-6-4-5-7-18(17)22/h4-11,19,25H,12-14H2,1-3H3,(H2,23,24,26). The second kappa shape index (κ2) is 9.37. The zero-order valence-corrected chi connectivity index (χ0v) is 16.0. The second-order valence-electron chi connectivity index (χ2n) is 7.30. The van der Waals surface area contributed by atoms with Crippen LogP contribution in [0.5, 0.6) is 5.75 Å². The summed E-state index contributed by atoms with van der Waals surface area (Å²) in [5.74, 6) is 0.235. The Morgan fingerprint density at radius 3 is 2.41 bits per heavy atom. The molecule has 0 aliphatic carbocycles. The van der Waals surface area contributed by atoms with Crippen molar-refractivity contribution in [3.63, 3.8) is 0 Å². The highest BCUT2D eigenvalue weighted by molar-refractivity contribution is 5.73. The van der Waals surface area contributed by atoms with Gasteiger partial charge in [0.1, 0.15) is 18.2 Å². The normalized spacial score (nSPS) is 12.3. The molecule has 0 saturated heterocycles. The molecule has 2 aromatic carbocycles. The zero-order valence-electron chi connectivity index (χ0n) is 16.0. The van der Waals surface area contributed by atoms with Gasteiger partial charge in [0.05, 0.1) is 12.6 Å². The number of ether oxygens (including phenoxy) is 1. The maximum atomic E-state index is 13.6. The molecule has 3 N–H and O–H groups in total. The Labute approximate surface area is 159 Å². The highest BCUT2D eigenvalue weighted by Crippen LogP contribution is 2.24. The van der Waals surface area contributed by atoms with Crippen molar-refractivity contribution in [2.24, 2.45) is 0 Å². The molecule has 146 valence electrons. The van der Waals surface area contributed by atoms with Crippen molar-refractivity contribution in [1.82, 2.24) is 10.6 Å². The summed E-state index contributed by atoms with van der Waals surface area (Å²) in [4.78, 5) is 11.7. The van der Waals surface area contributed by atoms with Gasteiger partial charge in [-0.2, -0.15) is 0 Å². The van der Waals surface area contributed by atoms with Gasteiger partial charge in [0, 0.05) is 12.1 Å². The van der Waals surface area contributed by atoms with Crippen LogP contribution in [0.25, 0.3) is 0 Å². The Bertz CT molecular complexity index is 742. The molecule has 2 aromatic rings. The lowest BCUT2D eigenvalue weighted by Gasteiger charge is -2.19. The summed E-state index contributed by atoms with van der Waals surface area (Å²) in [6, 6.07) is 13.4. The van der Waals surface area contributed by atoms with Gasteiger partial charge in [0.25, 0.3) is 0 Å². The molecule has 0 aliphatic heterocycles. The summed E-state index contributed by atoms with van der Waals surface area (Å²) >= 11 is 0. The number of rotatable bonds is 7. The van der Waals surface area contributed by atoms with Crippen LogP contribution < -0.4 is 15.4 Å². The summed E-state index contributed by atoms with van der Waals surface area (Å²) in [7, 11) is 0. The predicted molar refractivity (Wildman–Crippen MR) is 103 cm³/mol. The predicted octanol–water partition coefficient (Wildman–Crippen LogP) is 3.53. The molecule has 6 heteroatoms. The first-order valence-electron chi connectivity index (χ1n) is 8.95. The average molecular weight is 374 g/mol. The Balaban J connectivity index is 1.67. The topological polar surface area (TPSA) is 70.6 Å². The number of hydrogen-bond acceptors (Lipinski definition) is 3. The van der Waals surface area contributed by atoms with E-state index in [-0.39, 0.29) is 17.5 Å². The Kier molecular flexibility index (Phi) is 7.19. The van der Waals surface area contributed by atoms with Gasteiger partial charge in [0.15, 0.2) is 0 Å². The number of urea groups is 1. The minimum Gasteiger partial charge on any atom is -0.492 e. The number of hydrogen-bond donors (Lipinski definition) is 3. The average Bonchev–Trinajstić information content (AvgIpc) is 2.63. The van der Waals surface area contributed by atoms with Crippen LogP contribution in [0.3, 0.4) is 0 Å². The third kappa shape index (κ3) is 6.57. The van der Waals surface area contributed by atoms with E-state index in [2.05, 4.69) is 31.4 Å². The van der Waals surface area contributed by atoms with Crippen molar-refractivity contribution in [3.8, 4) is 5.75 Å². The summed E-state index contributed by atoms with van der Waals surface area (Å²) in [5, 5.41) is 15.1. The van der Waals surface area contributed by atoms with Crippen molar-refractivity contribution in [1.29, 1.82) is 0 Å². The van der Waals surface area contributed by atoms with Gasteiger partial charge in [-0.15, -0.1) is 0 Å². The van der Waals surface area contributed by atoms with Gasteiger partial charge < -0.3 is 20.5 Å². The van der Waals surface area contributed by atoms with Crippen LogP contribution in [0.4, 0.5) is 9.18 Å². The Hall–Kier alpha value is -2.60. The molecule has 0 aliphatic rings. The maximum Gasteiger partial charge on any atom is 0.315 e. The van der Waals surface area contributed by atoms with Crippen LogP contribution in [-0.2, 0) is 5.41 Å². The number of nitrogens with one attached hydrogen (secondary N) is 2. The molecule has 0 saturated carbocycles. The molecule has 5 nitrogen and oxygen atoms in total. The summed E-state index contributed by atoms with van der Waals surface area (Å²) in [5.41, 5.74) is 1.46. The van der Waals surface area contributed by atoms with Crippen LogP contribution in [0.2, 0.25) is 0 Å². The molecule has 0 spiro atoms. The molecule has 2 amide bonds. The van der Waals surface area contributed by atoms with E-state index >= 15 is 0 Å². The maximum absolute atomic E-state index is 13.6. The van der Waals surface area contributed by atoms with E-state index in [1.807, 2.05) is 24.3 Å². The molecule has 2 rings (SSSR count). The minimum atomic E-state index is -1.10. The smallest absolute Gasteiger partial charge is 0.315 e. The van der Waals surface area contributed by atoms with Crippen molar-refractivity contribution < 1.29 is 19.0 Å². The van der Waals surface area contributed by atoms with E-state index in [1.54, 1.807) is 12.1 Å². The Morgan fingerprint density at radius 1 is 1.11 bits per heavy atom. The van der Waals surface area contributed by atoms with Crippen LogP contribution in [0.1, 0.15) is 38.0 Å². The van der Waals surface area contributed by atoms with Crippen LogP contribution >= 0.6 is 0 Å². The van der Waals surface area contributed by atoms with E-state index in [9.17, 15) is 14.3 Å². The van der Waals surface area contributed by atoms with Crippen LogP contribution in [0, 0.1) is 5.82 Å². The molecule has 27 heavy (non-hydrogen) atoms. The molecule has 1 unspecified atom stereocenters. The molecule has 1 atom stereocenters. The highest BCUT2D eigenvalue weighted by atomic mass is 19.1. The first kappa shape index (κ1) is 20.7. The lowest BCUT2D eigenvalue weighted by Crippen LogP contribution is -2.39. The van der Waals surface area contributed by atoms with E-state index in [0.717, 1.165) is 5.75 Å². The zero-order chi connectivity index (χ0) is 19.9. The lowest BCUT2D eigenvalue weighted by atomic mass is 9.87.